The molecule has 0 unspecified atom stereocenters. The van der Waals surface area contributed by atoms with Crippen molar-refractivity contribution in [1.29, 1.82) is 0 Å². The van der Waals surface area contributed by atoms with E-state index >= 15 is 0 Å². The highest BCUT2D eigenvalue weighted by molar-refractivity contribution is 6.30. The zero-order valence-corrected chi connectivity index (χ0v) is 20.2. The summed E-state index contributed by atoms with van der Waals surface area (Å²) in [7, 11) is 0. The van der Waals surface area contributed by atoms with Gasteiger partial charge in [-0.3, -0.25) is 9.59 Å². The van der Waals surface area contributed by atoms with Gasteiger partial charge in [-0.1, -0.05) is 48.0 Å². The van der Waals surface area contributed by atoms with Crippen molar-refractivity contribution in [2.45, 2.75) is 38.2 Å². The van der Waals surface area contributed by atoms with Gasteiger partial charge in [0, 0.05) is 24.9 Å². The minimum atomic E-state index is -1.05. The molecule has 4 rings (SSSR count). The molecule has 1 atom stereocenters. The topological polar surface area (TPSA) is 66.8 Å². The molecule has 0 spiro atoms. The lowest BCUT2D eigenvalue weighted by Gasteiger charge is -2.24. The van der Waals surface area contributed by atoms with E-state index in [1.165, 1.54) is 11.0 Å². The van der Waals surface area contributed by atoms with Crippen LogP contribution in [-0.2, 0) is 24.1 Å². The molecule has 1 amide bonds. The third-order valence-electron chi connectivity index (χ3n) is 6.14. The van der Waals surface area contributed by atoms with E-state index in [-0.39, 0.29) is 17.5 Å². The van der Waals surface area contributed by atoms with E-state index in [4.69, 9.17) is 16.3 Å². The van der Waals surface area contributed by atoms with Crippen LogP contribution in [0.3, 0.4) is 0 Å². The summed E-state index contributed by atoms with van der Waals surface area (Å²) < 4.78 is 19.7. The number of halogens is 2. The number of carboxylic acid groups (broad SMARTS) is 1. The quantitative estimate of drug-likeness (QED) is 0.421. The number of carboxylic acids is 1. The number of rotatable bonds is 9. The lowest BCUT2D eigenvalue weighted by Crippen LogP contribution is -2.36. The van der Waals surface area contributed by atoms with Gasteiger partial charge in [0.25, 0.3) is 5.91 Å². The van der Waals surface area contributed by atoms with Crippen LogP contribution in [0, 0.1) is 5.82 Å². The average Bonchev–Trinajstić information content (AvgIpc) is 3.15. The Morgan fingerprint density at radius 3 is 2.57 bits per heavy atom. The van der Waals surface area contributed by atoms with Crippen molar-refractivity contribution in [3.8, 4) is 5.75 Å². The summed E-state index contributed by atoms with van der Waals surface area (Å²) in [6.07, 6.45) is 2.50. The lowest BCUT2D eigenvalue weighted by molar-refractivity contribution is -0.137. The number of carbonyl (C=O) groups is 2. The summed E-state index contributed by atoms with van der Waals surface area (Å²) in [5.74, 6) is -1.14. The highest BCUT2D eigenvalue weighted by Crippen LogP contribution is 2.38. The van der Waals surface area contributed by atoms with Crippen LogP contribution < -0.4 is 4.74 Å². The first kappa shape index (κ1) is 24.7. The van der Waals surface area contributed by atoms with Crippen LogP contribution in [0.2, 0.25) is 5.02 Å². The van der Waals surface area contributed by atoms with Crippen LogP contribution in [0.15, 0.2) is 66.7 Å². The number of hydrogen-bond donors (Lipinski definition) is 1. The van der Waals surface area contributed by atoms with Gasteiger partial charge < -0.3 is 14.7 Å². The third kappa shape index (κ3) is 6.20. The van der Waals surface area contributed by atoms with Crippen LogP contribution in [0.5, 0.6) is 5.75 Å². The maximum Gasteiger partial charge on any atom is 0.323 e. The number of nitrogens with zero attached hydrogens (tertiary/aromatic N) is 1. The number of benzene rings is 3. The lowest BCUT2D eigenvalue weighted by atomic mass is 9.91. The Balaban J connectivity index is 1.45. The summed E-state index contributed by atoms with van der Waals surface area (Å²) in [4.78, 5) is 26.0. The van der Waals surface area contributed by atoms with E-state index in [1.807, 2.05) is 37.3 Å². The van der Waals surface area contributed by atoms with Crippen molar-refractivity contribution in [3.05, 3.63) is 99.8 Å². The molecule has 1 heterocycles. The SMILES string of the molecule is C[C@@]1(Cc2ccc(F)c(Cl)c2)Cc2cc(C(=O)N(CCCc3ccccc3)CC(=O)O)ccc2O1. The number of aliphatic carboxylic acids is 1. The van der Waals surface area contributed by atoms with Gasteiger partial charge in [0.2, 0.25) is 0 Å². The van der Waals surface area contributed by atoms with Gasteiger partial charge in [-0.2, -0.15) is 0 Å². The molecule has 0 radical (unpaired) electrons. The van der Waals surface area contributed by atoms with Gasteiger partial charge in [-0.05, 0) is 66.8 Å². The number of amides is 1. The van der Waals surface area contributed by atoms with Crippen molar-refractivity contribution in [2.75, 3.05) is 13.1 Å². The molecule has 35 heavy (non-hydrogen) atoms. The molecular formula is C28H27ClFNO4. The fourth-order valence-corrected chi connectivity index (χ4v) is 4.75. The first-order valence-electron chi connectivity index (χ1n) is 11.5. The second-order valence-electron chi connectivity index (χ2n) is 9.19. The van der Waals surface area contributed by atoms with Gasteiger partial charge in [0.15, 0.2) is 0 Å². The molecule has 3 aromatic carbocycles. The van der Waals surface area contributed by atoms with Gasteiger partial charge in [-0.15, -0.1) is 0 Å². The van der Waals surface area contributed by atoms with Crippen molar-refractivity contribution in [3.63, 3.8) is 0 Å². The van der Waals surface area contributed by atoms with Crippen LogP contribution in [-0.4, -0.2) is 40.6 Å². The number of aryl methyl sites for hydroxylation is 1. The van der Waals surface area contributed by atoms with Crippen molar-refractivity contribution >= 4 is 23.5 Å². The Morgan fingerprint density at radius 2 is 1.86 bits per heavy atom. The third-order valence-corrected chi connectivity index (χ3v) is 6.43. The summed E-state index contributed by atoms with van der Waals surface area (Å²) in [6.45, 7) is 1.95. The van der Waals surface area contributed by atoms with Crippen molar-refractivity contribution < 1.29 is 23.8 Å². The zero-order chi connectivity index (χ0) is 25.0. The highest BCUT2D eigenvalue weighted by Gasteiger charge is 2.35. The zero-order valence-electron chi connectivity index (χ0n) is 19.5. The van der Waals surface area contributed by atoms with E-state index < -0.39 is 17.4 Å². The molecule has 0 bridgehead atoms. The number of carbonyl (C=O) groups excluding carboxylic acids is 1. The molecule has 0 aliphatic carbocycles. The molecule has 0 saturated heterocycles. The maximum absolute atomic E-state index is 13.5. The Labute approximate surface area is 209 Å². The van der Waals surface area contributed by atoms with E-state index in [1.54, 1.807) is 30.3 Å². The van der Waals surface area contributed by atoms with E-state index in [9.17, 15) is 19.1 Å². The van der Waals surface area contributed by atoms with Crippen LogP contribution in [0.25, 0.3) is 0 Å². The Morgan fingerprint density at radius 1 is 1.09 bits per heavy atom. The first-order valence-corrected chi connectivity index (χ1v) is 11.9. The Bertz CT molecular complexity index is 1230. The highest BCUT2D eigenvalue weighted by atomic mass is 35.5. The second-order valence-corrected chi connectivity index (χ2v) is 9.59. The van der Waals surface area contributed by atoms with Gasteiger partial charge >= 0.3 is 5.97 Å². The van der Waals surface area contributed by atoms with Crippen LogP contribution in [0.1, 0.15) is 40.4 Å². The predicted octanol–water partition coefficient (Wildman–Crippen LogP) is 5.58. The van der Waals surface area contributed by atoms with E-state index in [2.05, 4.69) is 0 Å². The second kappa shape index (κ2) is 10.5. The van der Waals surface area contributed by atoms with Gasteiger partial charge in [-0.25, -0.2) is 4.39 Å². The molecule has 7 heteroatoms. The number of fused-ring (bicyclic) bond motifs is 1. The fourth-order valence-electron chi connectivity index (χ4n) is 4.55. The van der Waals surface area contributed by atoms with E-state index in [0.29, 0.717) is 37.1 Å². The van der Waals surface area contributed by atoms with Crippen LogP contribution >= 0.6 is 11.6 Å². The first-order chi connectivity index (χ1) is 16.7. The molecule has 1 aliphatic heterocycles. The Kier molecular flexibility index (Phi) is 7.41. The minimum absolute atomic E-state index is 0.0697. The largest absolute Gasteiger partial charge is 0.487 e. The van der Waals surface area contributed by atoms with Crippen molar-refractivity contribution in [2.24, 2.45) is 0 Å². The van der Waals surface area contributed by atoms with Gasteiger partial charge in [0.1, 0.15) is 23.7 Å². The molecule has 0 saturated carbocycles. The molecule has 1 N–H and O–H groups in total. The summed E-state index contributed by atoms with van der Waals surface area (Å²) >= 11 is 5.93. The standard InChI is InChI=1S/C28H27ClFNO4/c1-28(16-20-9-11-24(30)23(29)14-20)17-22-15-21(10-12-25(22)35-28)27(34)31(18-26(32)33)13-5-8-19-6-3-2-4-7-19/h2-4,6-7,9-12,14-15H,5,8,13,16-18H2,1H3,(H,32,33)/t28-/m1/s1. The fraction of sp³-hybridized carbons (Fsp3) is 0.286. The van der Waals surface area contributed by atoms with Gasteiger partial charge in [0.05, 0.1) is 5.02 Å². The normalized spacial score (nSPS) is 16.4. The van der Waals surface area contributed by atoms with Crippen molar-refractivity contribution in [1.82, 2.24) is 4.90 Å². The summed E-state index contributed by atoms with van der Waals surface area (Å²) in [5.41, 5.74) is 2.75. The number of hydrogen-bond acceptors (Lipinski definition) is 3. The molecule has 3 aromatic rings. The van der Waals surface area contributed by atoms with Crippen LogP contribution in [0.4, 0.5) is 4.39 Å². The molecule has 5 nitrogen and oxygen atoms in total. The minimum Gasteiger partial charge on any atom is -0.487 e. The molecule has 0 fully saturated rings. The molecule has 182 valence electrons. The predicted molar refractivity (Wildman–Crippen MR) is 133 cm³/mol. The Hall–Kier alpha value is -3.38. The summed E-state index contributed by atoms with van der Waals surface area (Å²) in [5, 5.41) is 9.42. The maximum atomic E-state index is 13.5. The van der Waals surface area contributed by atoms with E-state index in [0.717, 1.165) is 23.1 Å². The number of ether oxygens (including phenoxy) is 1. The monoisotopic (exact) mass is 495 g/mol. The molecular weight excluding hydrogens is 469 g/mol. The smallest absolute Gasteiger partial charge is 0.323 e. The summed E-state index contributed by atoms with van der Waals surface area (Å²) in [6, 6.07) is 19.7. The molecule has 0 aromatic heterocycles. The average molecular weight is 496 g/mol. The molecule has 1 aliphatic rings.